The average Bonchev–Trinajstić information content (AvgIpc) is 3.48. The van der Waals surface area contributed by atoms with E-state index in [1.54, 1.807) is 18.2 Å². The normalized spacial score (nSPS) is 13.8. The van der Waals surface area contributed by atoms with E-state index in [9.17, 15) is 23.5 Å². The van der Waals surface area contributed by atoms with E-state index in [1.807, 2.05) is 22.6 Å². The molecule has 0 heterocycles. The van der Waals surface area contributed by atoms with Gasteiger partial charge in [-0.05, 0) is 71.8 Å². The minimum Gasteiger partial charge on any atom is -0.456 e. The van der Waals surface area contributed by atoms with Gasteiger partial charge in [0.15, 0.2) is 0 Å². The average molecular weight is 565 g/mol. The summed E-state index contributed by atoms with van der Waals surface area (Å²) >= 11 is 1.95. The summed E-state index contributed by atoms with van der Waals surface area (Å²) in [5, 5.41) is 15.2. The van der Waals surface area contributed by atoms with Crippen LogP contribution in [0.5, 0.6) is 11.5 Å². The lowest BCUT2D eigenvalue weighted by atomic mass is 10.1. The molecule has 1 saturated carbocycles. The van der Waals surface area contributed by atoms with Gasteiger partial charge in [-0.15, -0.1) is 0 Å². The lowest BCUT2D eigenvalue weighted by molar-refractivity contribution is -0.125. The quantitative estimate of drug-likeness (QED) is 0.311. The van der Waals surface area contributed by atoms with Crippen LogP contribution in [0.15, 0.2) is 54.6 Å². The van der Waals surface area contributed by atoms with E-state index in [0.29, 0.717) is 22.1 Å². The van der Waals surface area contributed by atoms with Gasteiger partial charge in [0.2, 0.25) is 0 Å². The van der Waals surface area contributed by atoms with Crippen molar-refractivity contribution < 1.29 is 28.2 Å². The smallest absolute Gasteiger partial charge is 0.256 e. The van der Waals surface area contributed by atoms with E-state index in [0.717, 1.165) is 12.1 Å². The predicted molar refractivity (Wildman–Crippen MR) is 127 cm³/mol. The third-order valence-corrected chi connectivity index (χ3v) is 5.65. The lowest BCUT2D eigenvalue weighted by Crippen LogP contribution is -2.29. The SMILES string of the molecule is NC(=O)c1c(Nc2ccc(I)cc2F)cc(F)cc1Oc1cccc(NC(=O)C2(O)CC2)c1. The van der Waals surface area contributed by atoms with Crippen LogP contribution in [0.4, 0.5) is 25.8 Å². The number of halogens is 3. The number of primary amides is 1. The summed E-state index contributed by atoms with van der Waals surface area (Å²) in [7, 11) is 0. The van der Waals surface area contributed by atoms with Gasteiger partial charge in [0, 0.05) is 21.4 Å². The Balaban J connectivity index is 1.64. The highest BCUT2D eigenvalue weighted by molar-refractivity contribution is 14.1. The second kappa shape index (κ2) is 8.94. The Morgan fingerprint density at radius 1 is 1.06 bits per heavy atom. The van der Waals surface area contributed by atoms with Crippen LogP contribution in [0.25, 0.3) is 0 Å². The first-order valence-corrected chi connectivity index (χ1v) is 10.9. The molecule has 1 fully saturated rings. The molecule has 0 unspecified atom stereocenters. The van der Waals surface area contributed by atoms with Gasteiger partial charge in [0.1, 0.15) is 34.3 Å². The fraction of sp³-hybridized carbons (Fsp3) is 0.130. The van der Waals surface area contributed by atoms with E-state index in [-0.39, 0.29) is 28.4 Å². The molecule has 4 rings (SSSR count). The minimum atomic E-state index is -1.36. The molecule has 10 heteroatoms. The monoisotopic (exact) mass is 565 g/mol. The second-order valence-electron chi connectivity index (χ2n) is 7.56. The molecule has 170 valence electrons. The second-order valence-corrected chi connectivity index (χ2v) is 8.80. The molecule has 3 aromatic rings. The molecular formula is C23H18F2IN3O4. The lowest BCUT2D eigenvalue weighted by Gasteiger charge is -2.16. The molecule has 0 aliphatic heterocycles. The number of rotatable bonds is 7. The van der Waals surface area contributed by atoms with Crippen molar-refractivity contribution in [1.82, 2.24) is 0 Å². The zero-order valence-corrected chi connectivity index (χ0v) is 19.2. The molecular weight excluding hydrogens is 547 g/mol. The van der Waals surface area contributed by atoms with Crippen LogP contribution in [-0.4, -0.2) is 22.5 Å². The van der Waals surface area contributed by atoms with E-state index in [2.05, 4.69) is 10.6 Å². The fourth-order valence-corrected chi connectivity index (χ4v) is 3.56. The van der Waals surface area contributed by atoms with Gasteiger partial charge in [-0.2, -0.15) is 0 Å². The maximum atomic E-state index is 14.4. The van der Waals surface area contributed by atoms with Gasteiger partial charge in [-0.25, -0.2) is 8.78 Å². The number of nitrogens with one attached hydrogen (secondary N) is 2. The topological polar surface area (TPSA) is 114 Å². The molecule has 5 N–H and O–H groups in total. The molecule has 0 radical (unpaired) electrons. The van der Waals surface area contributed by atoms with Crippen molar-refractivity contribution in [2.75, 3.05) is 10.6 Å². The molecule has 2 amide bonds. The first-order chi connectivity index (χ1) is 15.6. The van der Waals surface area contributed by atoms with Crippen LogP contribution in [-0.2, 0) is 4.79 Å². The molecule has 33 heavy (non-hydrogen) atoms. The summed E-state index contributed by atoms with van der Waals surface area (Å²) < 4.78 is 35.0. The van der Waals surface area contributed by atoms with Crippen LogP contribution >= 0.6 is 22.6 Å². The standard InChI is InChI=1S/C23H18F2IN3O4/c24-12-8-18(29-17-5-4-13(26)10-16(17)25)20(21(27)30)19(9-12)33-15-3-1-2-14(11-15)28-22(31)23(32)6-7-23/h1-5,8-11,29,32H,6-7H2,(H2,27,30)(H,28,31). The summed E-state index contributed by atoms with van der Waals surface area (Å²) in [6, 6.07) is 12.5. The summed E-state index contributed by atoms with van der Waals surface area (Å²) in [5.74, 6) is -2.81. The fourth-order valence-electron chi connectivity index (χ4n) is 3.11. The van der Waals surface area contributed by atoms with Crippen LogP contribution in [0.3, 0.4) is 0 Å². The molecule has 3 aromatic carbocycles. The molecule has 1 aliphatic rings. The molecule has 0 spiro atoms. The maximum Gasteiger partial charge on any atom is 0.256 e. The van der Waals surface area contributed by atoms with Crippen molar-refractivity contribution in [2.45, 2.75) is 18.4 Å². The number of anilines is 3. The molecule has 0 aromatic heterocycles. The Kier molecular flexibility index (Phi) is 6.21. The summed E-state index contributed by atoms with van der Waals surface area (Å²) in [6.45, 7) is 0. The number of hydrogen-bond donors (Lipinski definition) is 4. The van der Waals surface area contributed by atoms with Gasteiger partial charge < -0.3 is 26.2 Å². The van der Waals surface area contributed by atoms with Crippen molar-refractivity contribution >= 4 is 51.5 Å². The Hall–Kier alpha value is -3.25. The highest BCUT2D eigenvalue weighted by Crippen LogP contribution is 2.37. The van der Waals surface area contributed by atoms with Crippen molar-refractivity contribution in [3.05, 3.63) is 75.4 Å². The van der Waals surface area contributed by atoms with Gasteiger partial charge in [0.25, 0.3) is 11.8 Å². The minimum absolute atomic E-state index is 0.0252. The van der Waals surface area contributed by atoms with Crippen LogP contribution < -0.4 is 21.1 Å². The van der Waals surface area contributed by atoms with E-state index < -0.39 is 29.0 Å². The molecule has 7 nitrogen and oxygen atoms in total. The van der Waals surface area contributed by atoms with Gasteiger partial charge in [-0.3, -0.25) is 9.59 Å². The zero-order valence-electron chi connectivity index (χ0n) is 17.0. The van der Waals surface area contributed by atoms with Crippen LogP contribution in [0, 0.1) is 15.2 Å². The number of hydrogen-bond acceptors (Lipinski definition) is 5. The number of nitrogens with two attached hydrogens (primary N) is 1. The van der Waals surface area contributed by atoms with E-state index >= 15 is 0 Å². The first kappa shape index (κ1) is 22.9. The number of carbonyl (C=O) groups excluding carboxylic acids is 2. The summed E-state index contributed by atoms with van der Waals surface area (Å²) in [4.78, 5) is 24.3. The zero-order chi connectivity index (χ0) is 23.8. The van der Waals surface area contributed by atoms with Crippen molar-refractivity contribution in [2.24, 2.45) is 5.73 Å². The van der Waals surface area contributed by atoms with Gasteiger partial charge in [-0.1, -0.05) is 6.07 Å². The van der Waals surface area contributed by atoms with Crippen LogP contribution in [0.2, 0.25) is 0 Å². The Labute approximate surface area is 201 Å². The van der Waals surface area contributed by atoms with Gasteiger partial charge in [0.05, 0.1) is 11.4 Å². The molecule has 1 aliphatic carbocycles. The van der Waals surface area contributed by atoms with Crippen molar-refractivity contribution in [3.63, 3.8) is 0 Å². The highest BCUT2D eigenvalue weighted by Gasteiger charge is 2.48. The molecule has 0 bridgehead atoms. The third-order valence-electron chi connectivity index (χ3n) is 4.98. The van der Waals surface area contributed by atoms with E-state index in [1.165, 1.54) is 24.3 Å². The predicted octanol–water partition coefficient (Wildman–Crippen LogP) is 4.67. The van der Waals surface area contributed by atoms with Crippen molar-refractivity contribution in [3.8, 4) is 11.5 Å². The molecule has 0 atom stereocenters. The number of amides is 2. The first-order valence-electron chi connectivity index (χ1n) is 9.82. The number of carbonyl (C=O) groups is 2. The Bertz CT molecular complexity index is 1260. The summed E-state index contributed by atoms with van der Waals surface area (Å²) in [6.07, 6.45) is 0.772. The Morgan fingerprint density at radius 2 is 1.82 bits per heavy atom. The third kappa shape index (κ3) is 5.22. The highest BCUT2D eigenvalue weighted by atomic mass is 127. The van der Waals surface area contributed by atoms with E-state index in [4.69, 9.17) is 10.5 Å². The largest absolute Gasteiger partial charge is 0.456 e. The van der Waals surface area contributed by atoms with Crippen molar-refractivity contribution in [1.29, 1.82) is 0 Å². The number of aliphatic hydroxyl groups is 1. The van der Waals surface area contributed by atoms with Crippen LogP contribution in [0.1, 0.15) is 23.2 Å². The summed E-state index contributed by atoms with van der Waals surface area (Å²) in [5.41, 5.74) is 4.28. The number of benzene rings is 3. The Morgan fingerprint density at radius 3 is 2.48 bits per heavy atom. The molecule has 0 saturated heterocycles. The maximum absolute atomic E-state index is 14.4. The number of ether oxygens (including phenoxy) is 1. The van der Waals surface area contributed by atoms with Gasteiger partial charge >= 0.3 is 0 Å².